The molecule has 17 heavy (non-hydrogen) atoms. The molecule has 1 aromatic heterocycles. The third-order valence-electron chi connectivity index (χ3n) is 2.83. The number of hydrogen-bond acceptors (Lipinski definition) is 5. The first-order valence-electron chi connectivity index (χ1n) is 6.16. The van der Waals surface area contributed by atoms with Gasteiger partial charge in [0.1, 0.15) is 18.0 Å². The van der Waals surface area contributed by atoms with Crippen LogP contribution in [0.5, 0.6) is 0 Å². The molecule has 5 nitrogen and oxygen atoms in total. The zero-order valence-electron chi connectivity index (χ0n) is 10.5. The van der Waals surface area contributed by atoms with Crippen molar-refractivity contribution in [2.75, 3.05) is 37.0 Å². The highest BCUT2D eigenvalue weighted by Crippen LogP contribution is 2.30. The van der Waals surface area contributed by atoms with Crippen molar-refractivity contribution in [2.24, 2.45) is 0 Å². The van der Waals surface area contributed by atoms with Crippen LogP contribution in [0.25, 0.3) is 0 Å². The van der Waals surface area contributed by atoms with Crippen molar-refractivity contribution in [3.63, 3.8) is 0 Å². The van der Waals surface area contributed by atoms with E-state index >= 15 is 0 Å². The Bertz CT molecular complexity index is 354. The van der Waals surface area contributed by atoms with E-state index in [2.05, 4.69) is 27.1 Å². The number of nitrogens with zero attached hydrogens (tertiary/aromatic N) is 3. The van der Waals surface area contributed by atoms with Crippen molar-refractivity contribution in [3.8, 4) is 0 Å². The lowest BCUT2D eigenvalue weighted by Gasteiger charge is -2.23. The maximum Gasteiger partial charge on any atom is 0.134 e. The molecule has 0 saturated heterocycles. The molecule has 1 aromatic rings. The highest BCUT2D eigenvalue weighted by Gasteiger charge is 2.29. The molecule has 0 bridgehead atoms. The van der Waals surface area contributed by atoms with E-state index in [-0.39, 0.29) is 0 Å². The van der Waals surface area contributed by atoms with Gasteiger partial charge in [0.15, 0.2) is 0 Å². The Morgan fingerprint density at radius 3 is 2.94 bits per heavy atom. The number of rotatable bonds is 7. The summed E-state index contributed by atoms with van der Waals surface area (Å²) < 4.78 is 5.15. The number of ether oxygens (including phenoxy) is 1. The summed E-state index contributed by atoms with van der Waals surface area (Å²) in [5.41, 5.74) is 0. The Balaban J connectivity index is 2.08. The van der Waals surface area contributed by atoms with Gasteiger partial charge in [-0.15, -0.1) is 0 Å². The van der Waals surface area contributed by atoms with E-state index in [4.69, 9.17) is 4.74 Å². The summed E-state index contributed by atoms with van der Waals surface area (Å²) in [7, 11) is 1.73. The fourth-order valence-corrected chi connectivity index (χ4v) is 1.84. The fraction of sp³-hybridized carbons (Fsp3) is 0.667. The van der Waals surface area contributed by atoms with Crippen molar-refractivity contribution in [1.29, 1.82) is 0 Å². The summed E-state index contributed by atoms with van der Waals surface area (Å²) in [6, 6.07) is 2.65. The molecule has 1 fully saturated rings. The average molecular weight is 236 g/mol. The first-order valence-corrected chi connectivity index (χ1v) is 6.16. The molecule has 1 N–H and O–H groups in total. The largest absolute Gasteiger partial charge is 0.383 e. The minimum absolute atomic E-state index is 0.634. The van der Waals surface area contributed by atoms with Crippen molar-refractivity contribution < 1.29 is 4.74 Å². The minimum atomic E-state index is 0.634. The van der Waals surface area contributed by atoms with Gasteiger partial charge in [0.2, 0.25) is 0 Å². The van der Waals surface area contributed by atoms with E-state index in [9.17, 15) is 0 Å². The van der Waals surface area contributed by atoms with Gasteiger partial charge in [0.25, 0.3) is 0 Å². The number of nitrogens with one attached hydrogen (secondary N) is 1. The third kappa shape index (κ3) is 3.30. The Hall–Kier alpha value is -1.36. The zero-order valence-corrected chi connectivity index (χ0v) is 10.5. The molecule has 0 radical (unpaired) electrons. The number of aromatic nitrogens is 2. The van der Waals surface area contributed by atoms with Crippen molar-refractivity contribution in [2.45, 2.75) is 25.8 Å². The molecule has 1 heterocycles. The summed E-state index contributed by atoms with van der Waals surface area (Å²) in [6.07, 6.45) is 4.13. The van der Waals surface area contributed by atoms with Crippen molar-refractivity contribution >= 4 is 11.6 Å². The maximum atomic E-state index is 5.15. The number of methoxy groups -OCH3 is 1. The van der Waals surface area contributed by atoms with Crippen LogP contribution in [0.3, 0.4) is 0 Å². The smallest absolute Gasteiger partial charge is 0.134 e. The highest BCUT2D eigenvalue weighted by molar-refractivity contribution is 5.49. The van der Waals surface area contributed by atoms with Gasteiger partial charge >= 0.3 is 0 Å². The van der Waals surface area contributed by atoms with Gasteiger partial charge in [-0.1, -0.05) is 0 Å². The summed E-state index contributed by atoms with van der Waals surface area (Å²) in [4.78, 5) is 10.9. The fourth-order valence-electron chi connectivity index (χ4n) is 1.84. The molecule has 1 aliphatic carbocycles. The lowest BCUT2D eigenvalue weighted by atomic mass is 10.4. The first-order chi connectivity index (χ1) is 8.35. The quantitative estimate of drug-likeness (QED) is 0.778. The van der Waals surface area contributed by atoms with Gasteiger partial charge in [-0.25, -0.2) is 9.97 Å². The van der Waals surface area contributed by atoms with Gasteiger partial charge in [0, 0.05) is 32.3 Å². The molecule has 0 aromatic carbocycles. The first kappa shape index (κ1) is 12.1. The van der Waals surface area contributed by atoms with Crippen LogP contribution < -0.4 is 10.2 Å². The predicted octanol–water partition coefficient (Wildman–Crippen LogP) is 1.52. The monoisotopic (exact) mass is 236 g/mol. The molecular weight excluding hydrogens is 216 g/mol. The van der Waals surface area contributed by atoms with Gasteiger partial charge in [-0.2, -0.15) is 0 Å². The van der Waals surface area contributed by atoms with Crippen LogP contribution in [0.4, 0.5) is 11.6 Å². The van der Waals surface area contributed by atoms with Crippen LogP contribution in [-0.4, -0.2) is 42.8 Å². The maximum absolute atomic E-state index is 5.15. The lowest BCUT2D eigenvalue weighted by molar-refractivity contribution is 0.204. The molecular formula is C12H20N4O. The molecule has 2 rings (SSSR count). The molecule has 1 aliphatic rings. The second kappa shape index (κ2) is 5.82. The van der Waals surface area contributed by atoms with Gasteiger partial charge in [-0.3, -0.25) is 0 Å². The SMILES string of the molecule is CCNc1cc(N(CCOC)C2CC2)ncn1. The molecule has 94 valence electrons. The number of anilines is 2. The molecule has 0 unspecified atom stereocenters. The van der Waals surface area contributed by atoms with E-state index in [1.54, 1.807) is 13.4 Å². The van der Waals surface area contributed by atoms with Crippen LogP contribution >= 0.6 is 0 Å². The van der Waals surface area contributed by atoms with Crippen LogP contribution in [0.1, 0.15) is 19.8 Å². The molecule has 1 saturated carbocycles. The van der Waals surface area contributed by atoms with E-state index in [0.29, 0.717) is 6.04 Å². The van der Waals surface area contributed by atoms with E-state index in [1.807, 2.05) is 6.07 Å². The standard InChI is InChI=1S/C12H20N4O/c1-3-13-11-8-12(15-9-14-11)16(6-7-17-2)10-4-5-10/h8-10H,3-7H2,1-2H3,(H,13,14,15). The minimum Gasteiger partial charge on any atom is -0.383 e. The summed E-state index contributed by atoms with van der Waals surface area (Å²) in [5.74, 6) is 1.89. The molecule has 0 atom stereocenters. The summed E-state index contributed by atoms with van der Waals surface area (Å²) >= 11 is 0. The van der Waals surface area contributed by atoms with Gasteiger partial charge in [-0.05, 0) is 19.8 Å². The van der Waals surface area contributed by atoms with Gasteiger partial charge in [0.05, 0.1) is 6.61 Å². The van der Waals surface area contributed by atoms with E-state index < -0.39 is 0 Å². The van der Waals surface area contributed by atoms with Crippen LogP contribution in [0.2, 0.25) is 0 Å². The highest BCUT2D eigenvalue weighted by atomic mass is 16.5. The Morgan fingerprint density at radius 1 is 1.47 bits per heavy atom. The molecule has 0 amide bonds. The number of hydrogen-bond donors (Lipinski definition) is 1. The van der Waals surface area contributed by atoms with E-state index in [1.165, 1.54) is 12.8 Å². The average Bonchev–Trinajstić information content (AvgIpc) is 3.15. The zero-order chi connectivity index (χ0) is 12.1. The normalized spacial score (nSPS) is 14.7. The second-order valence-electron chi connectivity index (χ2n) is 4.21. The predicted molar refractivity (Wildman–Crippen MR) is 68.4 cm³/mol. The molecule has 5 heteroatoms. The molecule has 0 aliphatic heterocycles. The Kier molecular flexibility index (Phi) is 4.14. The van der Waals surface area contributed by atoms with Crippen LogP contribution in [-0.2, 0) is 4.74 Å². The Morgan fingerprint density at radius 2 is 2.29 bits per heavy atom. The molecule has 0 spiro atoms. The summed E-state index contributed by atoms with van der Waals surface area (Å²) in [6.45, 7) is 4.56. The van der Waals surface area contributed by atoms with Gasteiger partial charge < -0.3 is 15.0 Å². The van der Waals surface area contributed by atoms with Crippen LogP contribution in [0, 0.1) is 0 Å². The second-order valence-corrected chi connectivity index (χ2v) is 4.21. The van der Waals surface area contributed by atoms with Crippen molar-refractivity contribution in [3.05, 3.63) is 12.4 Å². The topological polar surface area (TPSA) is 50.3 Å². The third-order valence-corrected chi connectivity index (χ3v) is 2.83. The Labute approximate surface area is 102 Å². The van der Waals surface area contributed by atoms with Crippen LogP contribution in [0.15, 0.2) is 12.4 Å². The van der Waals surface area contributed by atoms with E-state index in [0.717, 1.165) is 31.3 Å². The summed E-state index contributed by atoms with van der Waals surface area (Å²) in [5, 5.41) is 3.21. The van der Waals surface area contributed by atoms with Crippen molar-refractivity contribution in [1.82, 2.24) is 9.97 Å². The lowest BCUT2D eigenvalue weighted by Crippen LogP contribution is -2.30.